The first-order valence-electron chi connectivity index (χ1n) is 5.29. The molecule has 6 nitrogen and oxygen atoms in total. The van der Waals surface area contributed by atoms with Gasteiger partial charge >= 0.3 is 6.01 Å². The molecule has 1 aromatic rings. The Bertz CT molecular complexity index is 391. The topological polar surface area (TPSA) is 77.0 Å². The minimum atomic E-state index is -0.813. The van der Waals surface area contributed by atoms with E-state index in [1.54, 1.807) is 0 Å². The Morgan fingerprint density at radius 1 is 1.35 bits per heavy atom. The molecule has 1 heterocycles. The molecule has 0 bridgehead atoms. The molecule has 1 rings (SSSR count). The van der Waals surface area contributed by atoms with Gasteiger partial charge in [-0.1, -0.05) is 6.92 Å². The zero-order valence-electron chi connectivity index (χ0n) is 9.77. The maximum atomic E-state index is 11.2. The van der Waals surface area contributed by atoms with Crippen LogP contribution in [0.25, 0.3) is 0 Å². The zero-order chi connectivity index (χ0) is 12.7. The van der Waals surface area contributed by atoms with Gasteiger partial charge in [-0.2, -0.15) is 15.0 Å². The first-order valence-corrected chi connectivity index (χ1v) is 7.15. The fourth-order valence-corrected chi connectivity index (χ4v) is 1.80. The lowest BCUT2D eigenvalue weighted by molar-refractivity contribution is 0.312. The number of nitrogens with zero attached hydrogens (tertiary/aromatic N) is 3. The van der Waals surface area contributed by atoms with Crippen LogP contribution < -0.4 is 10.1 Å². The molecule has 8 heteroatoms. The summed E-state index contributed by atoms with van der Waals surface area (Å²) in [4.78, 5) is 11.7. The molecule has 1 aromatic heterocycles. The van der Waals surface area contributed by atoms with Gasteiger partial charge in [0.1, 0.15) is 0 Å². The highest BCUT2D eigenvalue weighted by Crippen LogP contribution is 2.10. The predicted molar refractivity (Wildman–Crippen MR) is 68.0 cm³/mol. The fraction of sp³-hybridized carbons (Fsp3) is 0.667. The molecule has 0 amide bonds. The Labute approximate surface area is 108 Å². The van der Waals surface area contributed by atoms with Gasteiger partial charge in [0.2, 0.25) is 11.2 Å². The minimum Gasteiger partial charge on any atom is -0.464 e. The summed E-state index contributed by atoms with van der Waals surface area (Å²) in [5.41, 5.74) is 0. The van der Waals surface area contributed by atoms with Crippen molar-refractivity contribution >= 4 is 28.3 Å². The number of rotatable bonds is 7. The summed E-state index contributed by atoms with van der Waals surface area (Å²) in [6.45, 7) is 4.68. The lowest BCUT2D eigenvalue weighted by Gasteiger charge is -2.06. The van der Waals surface area contributed by atoms with E-state index in [-0.39, 0.29) is 11.3 Å². The Hall–Kier alpha value is -0.950. The monoisotopic (exact) mass is 278 g/mol. The van der Waals surface area contributed by atoms with Crippen molar-refractivity contribution < 1.29 is 8.95 Å². The van der Waals surface area contributed by atoms with Crippen LogP contribution in [0.5, 0.6) is 6.01 Å². The normalized spacial score (nSPS) is 12.2. The lowest BCUT2D eigenvalue weighted by Crippen LogP contribution is -2.14. The molecule has 1 unspecified atom stereocenters. The van der Waals surface area contributed by atoms with Crippen LogP contribution in [0.15, 0.2) is 0 Å². The van der Waals surface area contributed by atoms with Crippen molar-refractivity contribution in [2.75, 3.05) is 30.0 Å². The van der Waals surface area contributed by atoms with Gasteiger partial charge in [-0.25, -0.2) is 0 Å². The molecule has 0 fully saturated rings. The molecule has 96 valence electrons. The molecule has 0 aliphatic rings. The molecule has 0 spiro atoms. The SMILES string of the molecule is CCOc1nc(Cl)nc(NCCS(=O)CC)n1. The summed E-state index contributed by atoms with van der Waals surface area (Å²) < 4.78 is 16.3. The van der Waals surface area contributed by atoms with Crippen LogP contribution in [0.3, 0.4) is 0 Å². The van der Waals surface area contributed by atoms with Crippen molar-refractivity contribution in [2.24, 2.45) is 0 Å². The number of anilines is 1. The van der Waals surface area contributed by atoms with Gasteiger partial charge in [0, 0.05) is 28.9 Å². The van der Waals surface area contributed by atoms with Crippen molar-refractivity contribution in [3.05, 3.63) is 5.28 Å². The maximum Gasteiger partial charge on any atom is 0.322 e. The predicted octanol–water partition coefficient (Wildman–Crippen LogP) is 1.10. The third-order valence-corrected chi connectivity index (χ3v) is 3.27. The van der Waals surface area contributed by atoms with E-state index in [0.717, 1.165) is 0 Å². The summed E-state index contributed by atoms with van der Waals surface area (Å²) in [6.07, 6.45) is 0. The molecule has 0 saturated heterocycles. The second kappa shape index (κ2) is 7.39. The van der Waals surface area contributed by atoms with Crippen LogP contribution in [0, 0.1) is 0 Å². The van der Waals surface area contributed by atoms with E-state index in [2.05, 4.69) is 20.3 Å². The van der Waals surface area contributed by atoms with Crippen LogP contribution in [0.2, 0.25) is 5.28 Å². The van der Waals surface area contributed by atoms with Gasteiger partial charge in [0.15, 0.2) is 0 Å². The average Bonchev–Trinajstić information content (AvgIpc) is 2.28. The molecule has 0 aromatic carbocycles. The number of halogens is 1. The van der Waals surface area contributed by atoms with Gasteiger partial charge in [-0.15, -0.1) is 0 Å². The zero-order valence-corrected chi connectivity index (χ0v) is 11.3. The van der Waals surface area contributed by atoms with Crippen molar-refractivity contribution in [2.45, 2.75) is 13.8 Å². The van der Waals surface area contributed by atoms with Crippen molar-refractivity contribution in [3.8, 4) is 6.01 Å². The molecular weight excluding hydrogens is 264 g/mol. The van der Waals surface area contributed by atoms with Gasteiger partial charge in [0.25, 0.3) is 0 Å². The number of hydrogen-bond acceptors (Lipinski definition) is 6. The highest BCUT2D eigenvalue weighted by atomic mass is 35.5. The Morgan fingerprint density at radius 3 is 2.76 bits per heavy atom. The Balaban J connectivity index is 2.55. The summed E-state index contributed by atoms with van der Waals surface area (Å²) in [5.74, 6) is 1.52. The Kier molecular flexibility index (Phi) is 6.13. The average molecular weight is 279 g/mol. The smallest absolute Gasteiger partial charge is 0.322 e. The summed E-state index contributed by atoms with van der Waals surface area (Å²) in [5, 5.41) is 3.00. The number of nitrogens with one attached hydrogen (secondary N) is 1. The van der Waals surface area contributed by atoms with Gasteiger partial charge in [-0.3, -0.25) is 4.21 Å². The third-order valence-electron chi connectivity index (χ3n) is 1.80. The van der Waals surface area contributed by atoms with E-state index >= 15 is 0 Å². The molecule has 0 aliphatic carbocycles. The summed E-state index contributed by atoms with van der Waals surface area (Å²) in [6, 6.07) is 0.187. The van der Waals surface area contributed by atoms with Crippen LogP contribution in [0.4, 0.5) is 5.95 Å². The maximum absolute atomic E-state index is 11.2. The Morgan fingerprint density at radius 2 is 2.12 bits per heavy atom. The van der Waals surface area contributed by atoms with E-state index in [1.165, 1.54) is 0 Å². The van der Waals surface area contributed by atoms with Gasteiger partial charge in [-0.05, 0) is 18.5 Å². The third kappa shape index (κ3) is 5.27. The van der Waals surface area contributed by atoms with Crippen LogP contribution in [-0.2, 0) is 10.8 Å². The van der Waals surface area contributed by atoms with Gasteiger partial charge < -0.3 is 10.1 Å². The van der Waals surface area contributed by atoms with Crippen LogP contribution >= 0.6 is 11.6 Å². The van der Waals surface area contributed by atoms with Gasteiger partial charge in [0.05, 0.1) is 6.61 Å². The fourth-order valence-electron chi connectivity index (χ4n) is 1.03. The molecule has 0 radical (unpaired) electrons. The van der Waals surface area contributed by atoms with Crippen molar-refractivity contribution in [3.63, 3.8) is 0 Å². The largest absolute Gasteiger partial charge is 0.464 e. The quantitative estimate of drug-likeness (QED) is 0.805. The van der Waals surface area contributed by atoms with Crippen molar-refractivity contribution in [1.82, 2.24) is 15.0 Å². The van der Waals surface area contributed by atoms with E-state index < -0.39 is 10.8 Å². The van der Waals surface area contributed by atoms with E-state index in [9.17, 15) is 4.21 Å². The summed E-state index contributed by atoms with van der Waals surface area (Å²) in [7, 11) is -0.813. The number of ether oxygens (including phenoxy) is 1. The second-order valence-electron chi connectivity index (χ2n) is 3.00. The van der Waals surface area contributed by atoms with E-state index in [4.69, 9.17) is 16.3 Å². The van der Waals surface area contributed by atoms with E-state index in [1.807, 2.05) is 13.8 Å². The number of aromatic nitrogens is 3. The van der Waals surface area contributed by atoms with Crippen LogP contribution in [-0.4, -0.2) is 43.8 Å². The summed E-state index contributed by atoms with van der Waals surface area (Å²) >= 11 is 5.71. The van der Waals surface area contributed by atoms with Crippen molar-refractivity contribution in [1.29, 1.82) is 0 Å². The molecule has 0 aliphatic heterocycles. The minimum absolute atomic E-state index is 0.0718. The lowest BCUT2D eigenvalue weighted by atomic mass is 10.7. The molecule has 0 saturated carbocycles. The van der Waals surface area contributed by atoms with E-state index in [0.29, 0.717) is 30.6 Å². The molecule has 1 N–H and O–H groups in total. The standard InChI is InChI=1S/C9H15ClN4O2S/c1-3-16-9-13-7(10)12-8(14-9)11-5-6-17(15)4-2/h3-6H2,1-2H3,(H,11,12,13,14). The molecular formula is C9H15ClN4O2S. The molecule has 1 atom stereocenters. The molecule has 17 heavy (non-hydrogen) atoms. The first-order chi connectivity index (χ1) is 8.15. The highest BCUT2D eigenvalue weighted by molar-refractivity contribution is 7.84. The first kappa shape index (κ1) is 14.1. The number of hydrogen-bond donors (Lipinski definition) is 1. The van der Waals surface area contributed by atoms with Crippen LogP contribution in [0.1, 0.15) is 13.8 Å². The highest BCUT2D eigenvalue weighted by Gasteiger charge is 2.05. The second-order valence-corrected chi connectivity index (χ2v) is 5.21.